The van der Waals surface area contributed by atoms with Crippen molar-refractivity contribution in [1.29, 1.82) is 0 Å². The van der Waals surface area contributed by atoms with Gasteiger partial charge in [-0.05, 0) is 56.9 Å². The maximum Gasteiger partial charge on any atom is 0.251 e. The van der Waals surface area contributed by atoms with Gasteiger partial charge in [-0.1, -0.05) is 12.8 Å². The van der Waals surface area contributed by atoms with E-state index in [1.165, 1.54) is 17.9 Å². The molecule has 1 aromatic carbocycles. The minimum Gasteiger partial charge on any atom is -0.389 e. The molecule has 0 unspecified atom stereocenters. The van der Waals surface area contributed by atoms with Crippen LogP contribution < -0.4 is 20.9 Å². The van der Waals surface area contributed by atoms with Gasteiger partial charge in [-0.25, -0.2) is 0 Å². The zero-order valence-corrected chi connectivity index (χ0v) is 23.5. The van der Waals surface area contributed by atoms with Gasteiger partial charge >= 0.3 is 0 Å². The zero-order chi connectivity index (χ0) is 28.8. The lowest BCUT2D eigenvalue weighted by Crippen LogP contribution is -3.05. The first-order valence-corrected chi connectivity index (χ1v) is 13.4. The summed E-state index contributed by atoms with van der Waals surface area (Å²) in [6.07, 6.45) is 7.12. The van der Waals surface area contributed by atoms with Gasteiger partial charge in [-0.15, -0.1) is 0 Å². The van der Waals surface area contributed by atoms with E-state index in [0.717, 1.165) is 38.5 Å². The highest BCUT2D eigenvalue weighted by Crippen LogP contribution is 2.12. The van der Waals surface area contributed by atoms with Gasteiger partial charge in [0, 0.05) is 50.5 Å². The van der Waals surface area contributed by atoms with E-state index in [-0.39, 0.29) is 36.5 Å². The number of carbonyl (C=O) groups is 5. The van der Waals surface area contributed by atoms with E-state index >= 15 is 0 Å². The Balaban J connectivity index is 0.00000115. The summed E-state index contributed by atoms with van der Waals surface area (Å²) in [6, 6.07) is 6.55. The molecule has 0 aliphatic rings. The molecule has 0 fully saturated rings. The largest absolute Gasteiger partial charge is 0.389 e. The Morgan fingerprint density at radius 1 is 0.789 bits per heavy atom. The summed E-state index contributed by atoms with van der Waals surface area (Å²) in [5, 5.41) is 16.5. The van der Waals surface area contributed by atoms with Crippen molar-refractivity contribution in [2.24, 2.45) is 0 Å². The Labute approximate surface area is 226 Å². The van der Waals surface area contributed by atoms with Gasteiger partial charge in [0.05, 0.1) is 20.6 Å². The van der Waals surface area contributed by atoms with Gasteiger partial charge in [0.1, 0.15) is 12.4 Å². The molecular weight excluding hydrogens is 488 g/mol. The third-order valence-electron chi connectivity index (χ3n) is 5.59. The van der Waals surface area contributed by atoms with E-state index in [1.807, 2.05) is 0 Å². The van der Waals surface area contributed by atoms with Crippen molar-refractivity contribution in [3.8, 4) is 0 Å². The Hall–Kier alpha value is -3.11. The number of rotatable bonds is 18. The first kappa shape index (κ1) is 34.9. The van der Waals surface area contributed by atoms with Crippen LogP contribution in [0.2, 0.25) is 0 Å². The number of ketones is 2. The molecular formula is C28H47N4O6+. The van der Waals surface area contributed by atoms with Crippen LogP contribution in [0.5, 0.6) is 0 Å². The molecule has 0 bridgehead atoms. The standard InChI is InChI=1S/C20H29N3O5.C8H17NO/c1-21-18(26)12-13-22-20(28)15-8-10-16(11-9-15)23-19(27)7-5-3-2-4-6-17(25)14-24;1-8(10)6-4-5-7-9(2)3/h8-11,24H,2-7,12-14H2,1H3,(H,21,26)(H,22,28)(H,23,27);4-7H2,1-3H3/p+1. The summed E-state index contributed by atoms with van der Waals surface area (Å²) >= 11 is 0. The first-order chi connectivity index (χ1) is 18.1. The van der Waals surface area contributed by atoms with E-state index in [9.17, 15) is 24.0 Å². The van der Waals surface area contributed by atoms with E-state index in [2.05, 4.69) is 30.0 Å². The number of amides is 3. The molecule has 0 saturated heterocycles. The second-order valence-electron chi connectivity index (χ2n) is 9.53. The number of aliphatic hydroxyl groups is 1. The van der Waals surface area contributed by atoms with Crippen molar-refractivity contribution in [2.75, 3.05) is 46.2 Å². The number of hydrogen-bond acceptors (Lipinski definition) is 6. The average molecular weight is 536 g/mol. The molecule has 214 valence electrons. The van der Waals surface area contributed by atoms with Crippen LogP contribution in [0.15, 0.2) is 24.3 Å². The predicted octanol–water partition coefficient (Wildman–Crippen LogP) is 1.28. The molecule has 0 radical (unpaired) electrons. The van der Waals surface area contributed by atoms with Crippen LogP contribution in [0, 0.1) is 0 Å². The number of hydrogen-bond donors (Lipinski definition) is 5. The fourth-order valence-corrected chi connectivity index (χ4v) is 3.34. The van der Waals surface area contributed by atoms with Crippen molar-refractivity contribution in [3.63, 3.8) is 0 Å². The molecule has 3 amide bonds. The van der Waals surface area contributed by atoms with Gasteiger partial charge in [0.15, 0.2) is 5.78 Å². The van der Waals surface area contributed by atoms with Crippen LogP contribution in [0.3, 0.4) is 0 Å². The average Bonchev–Trinajstić information content (AvgIpc) is 2.88. The fourth-order valence-electron chi connectivity index (χ4n) is 3.34. The smallest absolute Gasteiger partial charge is 0.251 e. The summed E-state index contributed by atoms with van der Waals surface area (Å²) in [6.45, 7) is 2.68. The van der Waals surface area contributed by atoms with Crippen LogP contribution in [0.4, 0.5) is 5.69 Å². The van der Waals surface area contributed by atoms with Crippen molar-refractivity contribution < 1.29 is 34.0 Å². The number of carbonyl (C=O) groups excluding carboxylic acids is 5. The van der Waals surface area contributed by atoms with Gasteiger partial charge in [0.2, 0.25) is 11.8 Å². The zero-order valence-electron chi connectivity index (χ0n) is 23.5. The number of Topliss-reactive ketones (excluding diaryl/α,β-unsaturated/α-hetero) is 2. The van der Waals surface area contributed by atoms with Crippen molar-refractivity contribution in [1.82, 2.24) is 10.6 Å². The molecule has 0 atom stereocenters. The van der Waals surface area contributed by atoms with E-state index in [1.54, 1.807) is 38.2 Å². The third kappa shape index (κ3) is 20.0. The molecule has 0 aliphatic heterocycles. The molecule has 0 aromatic heterocycles. The second-order valence-corrected chi connectivity index (χ2v) is 9.53. The summed E-state index contributed by atoms with van der Waals surface area (Å²) in [4.78, 5) is 57.9. The van der Waals surface area contributed by atoms with Crippen molar-refractivity contribution in [2.45, 2.75) is 71.1 Å². The van der Waals surface area contributed by atoms with Gasteiger partial charge in [-0.3, -0.25) is 19.2 Å². The molecule has 38 heavy (non-hydrogen) atoms. The maximum atomic E-state index is 12.0. The van der Waals surface area contributed by atoms with Gasteiger partial charge < -0.3 is 30.8 Å². The molecule has 10 nitrogen and oxygen atoms in total. The quantitative estimate of drug-likeness (QED) is 0.179. The Morgan fingerprint density at radius 3 is 1.95 bits per heavy atom. The summed E-state index contributed by atoms with van der Waals surface area (Å²) < 4.78 is 0. The Bertz CT molecular complexity index is 855. The fraction of sp³-hybridized carbons (Fsp3) is 0.607. The lowest BCUT2D eigenvalue weighted by molar-refractivity contribution is -0.858. The van der Waals surface area contributed by atoms with Crippen LogP contribution in [0.1, 0.15) is 81.5 Å². The number of benzene rings is 1. The van der Waals surface area contributed by atoms with Crippen molar-refractivity contribution >= 4 is 35.0 Å². The Morgan fingerprint density at radius 2 is 1.39 bits per heavy atom. The minimum absolute atomic E-state index is 0.103. The topological polar surface area (TPSA) is 146 Å². The lowest BCUT2D eigenvalue weighted by Gasteiger charge is -2.08. The van der Waals surface area contributed by atoms with Crippen LogP contribution in [-0.4, -0.2) is 75.2 Å². The van der Waals surface area contributed by atoms with Crippen LogP contribution in [-0.2, 0) is 19.2 Å². The number of aliphatic hydroxyl groups excluding tert-OH is 1. The molecule has 0 saturated carbocycles. The van der Waals surface area contributed by atoms with E-state index in [4.69, 9.17) is 5.11 Å². The molecule has 1 aromatic rings. The minimum atomic E-state index is -0.404. The number of anilines is 1. The summed E-state index contributed by atoms with van der Waals surface area (Å²) in [5.41, 5.74) is 1.06. The number of quaternary nitrogens is 1. The summed E-state index contributed by atoms with van der Waals surface area (Å²) in [5.74, 6) is -0.359. The molecule has 10 heteroatoms. The first-order valence-electron chi connectivity index (χ1n) is 13.4. The molecule has 0 spiro atoms. The number of unbranched alkanes of at least 4 members (excludes halogenated alkanes) is 4. The van der Waals surface area contributed by atoms with Crippen molar-refractivity contribution in [3.05, 3.63) is 29.8 Å². The molecule has 0 heterocycles. The normalized spacial score (nSPS) is 10.3. The van der Waals surface area contributed by atoms with Crippen LogP contribution >= 0.6 is 0 Å². The second kappa shape index (κ2) is 21.9. The highest BCUT2D eigenvalue weighted by Gasteiger charge is 2.08. The van der Waals surface area contributed by atoms with Crippen LogP contribution in [0.25, 0.3) is 0 Å². The maximum absolute atomic E-state index is 12.0. The number of nitrogens with one attached hydrogen (secondary N) is 4. The predicted molar refractivity (Wildman–Crippen MR) is 148 cm³/mol. The summed E-state index contributed by atoms with van der Waals surface area (Å²) in [7, 11) is 5.81. The Kier molecular flexibility index (Phi) is 20.1. The molecule has 5 N–H and O–H groups in total. The third-order valence-corrected chi connectivity index (χ3v) is 5.59. The molecule has 0 aliphatic carbocycles. The van der Waals surface area contributed by atoms with Gasteiger partial charge in [-0.2, -0.15) is 0 Å². The van der Waals surface area contributed by atoms with Gasteiger partial charge in [0.25, 0.3) is 5.91 Å². The SMILES string of the molecule is CC(=O)CCCC[NH+](C)C.CNC(=O)CCNC(=O)c1ccc(NC(=O)CCCCCCC(=O)CO)cc1. The van der Waals surface area contributed by atoms with E-state index < -0.39 is 6.61 Å². The highest BCUT2D eigenvalue weighted by atomic mass is 16.3. The van der Waals surface area contributed by atoms with E-state index in [0.29, 0.717) is 29.9 Å². The molecule has 1 rings (SSSR count). The monoisotopic (exact) mass is 535 g/mol. The lowest BCUT2D eigenvalue weighted by atomic mass is 10.1. The highest BCUT2D eigenvalue weighted by molar-refractivity contribution is 5.96.